The van der Waals surface area contributed by atoms with Gasteiger partial charge < -0.3 is 10.4 Å². The third-order valence-corrected chi connectivity index (χ3v) is 3.48. The molecule has 2 aromatic rings. The minimum absolute atomic E-state index is 0.0145. The summed E-state index contributed by atoms with van der Waals surface area (Å²) in [4.78, 5) is 8.30. The summed E-state index contributed by atoms with van der Waals surface area (Å²) < 4.78 is 0. The van der Waals surface area contributed by atoms with E-state index in [9.17, 15) is 5.11 Å². The van der Waals surface area contributed by atoms with Crippen LogP contribution in [-0.4, -0.2) is 21.1 Å². The summed E-state index contributed by atoms with van der Waals surface area (Å²) in [5.41, 5.74) is 1.68. The van der Waals surface area contributed by atoms with Crippen molar-refractivity contribution < 1.29 is 5.11 Å². The van der Waals surface area contributed by atoms with Crippen molar-refractivity contribution in [2.45, 2.75) is 32.0 Å². The highest BCUT2D eigenvalue weighted by Gasteiger charge is 2.19. The molecule has 0 aliphatic carbocycles. The van der Waals surface area contributed by atoms with Crippen LogP contribution in [0.4, 0.5) is 0 Å². The molecule has 0 spiro atoms. The molecule has 0 fully saturated rings. The number of halogens is 1. The summed E-state index contributed by atoms with van der Waals surface area (Å²) in [5.74, 6) is 0. The maximum absolute atomic E-state index is 10.3. The second-order valence-corrected chi connectivity index (χ2v) is 5.24. The van der Waals surface area contributed by atoms with Crippen LogP contribution in [-0.2, 0) is 0 Å². The molecule has 3 unspecified atom stereocenters. The molecule has 4 nitrogen and oxygen atoms in total. The standard InChI is InChI=1S/C15H18ClN3O/c1-10(14-9-17-7-8-18-14)19-11(2)15(20)12-3-5-13(16)6-4-12/h3-11,15,19-20H,1-2H3. The number of aliphatic hydroxyl groups is 1. The molecule has 0 amide bonds. The zero-order valence-corrected chi connectivity index (χ0v) is 12.2. The fourth-order valence-electron chi connectivity index (χ4n) is 2.05. The molecule has 5 heteroatoms. The van der Waals surface area contributed by atoms with Gasteiger partial charge in [0.15, 0.2) is 0 Å². The monoisotopic (exact) mass is 291 g/mol. The van der Waals surface area contributed by atoms with Crippen LogP contribution in [0.15, 0.2) is 42.9 Å². The van der Waals surface area contributed by atoms with Gasteiger partial charge >= 0.3 is 0 Å². The molecule has 1 heterocycles. The zero-order chi connectivity index (χ0) is 14.5. The van der Waals surface area contributed by atoms with E-state index in [-0.39, 0.29) is 12.1 Å². The Morgan fingerprint density at radius 3 is 2.45 bits per heavy atom. The van der Waals surface area contributed by atoms with E-state index in [2.05, 4.69) is 15.3 Å². The Morgan fingerprint density at radius 1 is 1.15 bits per heavy atom. The van der Waals surface area contributed by atoms with Gasteiger partial charge in [-0.15, -0.1) is 0 Å². The van der Waals surface area contributed by atoms with Crippen LogP contribution in [0.2, 0.25) is 5.02 Å². The first-order valence-corrected chi connectivity index (χ1v) is 6.91. The molecule has 0 saturated heterocycles. The van der Waals surface area contributed by atoms with Crippen LogP contribution < -0.4 is 5.32 Å². The Balaban J connectivity index is 2.00. The van der Waals surface area contributed by atoms with Gasteiger partial charge in [-0.2, -0.15) is 0 Å². The molecular weight excluding hydrogens is 274 g/mol. The number of nitrogens with zero attached hydrogens (tertiary/aromatic N) is 2. The van der Waals surface area contributed by atoms with Crippen LogP contribution in [0, 0.1) is 0 Å². The quantitative estimate of drug-likeness (QED) is 0.889. The van der Waals surface area contributed by atoms with Crippen molar-refractivity contribution in [1.29, 1.82) is 0 Å². The van der Waals surface area contributed by atoms with Crippen LogP contribution in [0.25, 0.3) is 0 Å². The highest BCUT2D eigenvalue weighted by Crippen LogP contribution is 2.21. The molecular formula is C15H18ClN3O. The summed E-state index contributed by atoms with van der Waals surface area (Å²) in [6.07, 6.45) is 4.42. The Morgan fingerprint density at radius 2 is 1.85 bits per heavy atom. The van der Waals surface area contributed by atoms with Gasteiger partial charge in [-0.25, -0.2) is 0 Å². The summed E-state index contributed by atoms with van der Waals surface area (Å²) in [6, 6.07) is 7.11. The Bertz CT molecular complexity index is 533. The van der Waals surface area contributed by atoms with Crippen LogP contribution in [0.1, 0.15) is 37.3 Å². The van der Waals surface area contributed by atoms with Gasteiger partial charge in [-0.3, -0.25) is 9.97 Å². The van der Waals surface area contributed by atoms with Crippen molar-refractivity contribution in [2.24, 2.45) is 0 Å². The van der Waals surface area contributed by atoms with Gasteiger partial charge in [0.25, 0.3) is 0 Å². The van der Waals surface area contributed by atoms with Crippen LogP contribution >= 0.6 is 11.6 Å². The largest absolute Gasteiger partial charge is 0.387 e. The molecule has 0 bridgehead atoms. The number of aliphatic hydroxyl groups excluding tert-OH is 1. The van der Waals surface area contributed by atoms with Crippen molar-refractivity contribution in [1.82, 2.24) is 15.3 Å². The van der Waals surface area contributed by atoms with Crippen molar-refractivity contribution in [3.63, 3.8) is 0 Å². The Hall–Kier alpha value is -1.49. The maximum atomic E-state index is 10.3. The number of rotatable bonds is 5. The molecule has 2 rings (SSSR count). The molecule has 1 aromatic carbocycles. The van der Waals surface area contributed by atoms with Crippen molar-refractivity contribution in [2.75, 3.05) is 0 Å². The van der Waals surface area contributed by atoms with Gasteiger partial charge in [0.05, 0.1) is 11.8 Å². The summed E-state index contributed by atoms with van der Waals surface area (Å²) in [6.45, 7) is 3.93. The van der Waals surface area contributed by atoms with E-state index in [4.69, 9.17) is 11.6 Å². The van der Waals surface area contributed by atoms with Gasteiger partial charge in [0, 0.05) is 35.7 Å². The third kappa shape index (κ3) is 3.76. The lowest BCUT2D eigenvalue weighted by atomic mass is 10.0. The molecule has 0 saturated carbocycles. The normalized spacial score (nSPS) is 15.6. The number of benzene rings is 1. The average Bonchev–Trinajstić information content (AvgIpc) is 2.48. The van der Waals surface area contributed by atoms with Crippen molar-refractivity contribution in [3.05, 3.63) is 59.1 Å². The highest BCUT2D eigenvalue weighted by molar-refractivity contribution is 6.30. The SMILES string of the molecule is CC(NC(C)C(O)c1ccc(Cl)cc1)c1cnccn1. The lowest BCUT2D eigenvalue weighted by Gasteiger charge is -2.24. The first-order valence-electron chi connectivity index (χ1n) is 6.53. The zero-order valence-electron chi connectivity index (χ0n) is 11.5. The maximum Gasteiger partial charge on any atom is 0.0940 e. The number of hydrogen-bond donors (Lipinski definition) is 2. The Labute approximate surface area is 123 Å². The van der Waals surface area contributed by atoms with Gasteiger partial charge in [-0.1, -0.05) is 23.7 Å². The fraction of sp³-hybridized carbons (Fsp3) is 0.333. The molecule has 0 aliphatic heterocycles. The molecule has 3 atom stereocenters. The second-order valence-electron chi connectivity index (χ2n) is 4.80. The Kier molecular flexibility index (Phi) is 5.06. The van der Waals surface area contributed by atoms with Crippen molar-refractivity contribution >= 4 is 11.6 Å². The van der Waals surface area contributed by atoms with E-state index < -0.39 is 6.10 Å². The van der Waals surface area contributed by atoms with Crippen LogP contribution in [0.3, 0.4) is 0 Å². The summed E-state index contributed by atoms with van der Waals surface area (Å²) in [5, 5.41) is 14.3. The fourth-order valence-corrected chi connectivity index (χ4v) is 2.18. The van der Waals surface area contributed by atoms with E-state index in [1.54, 1.807) is 30.7 Å². The first kappa shape index (κ1) is 14.9. The summed E-state index contributed by atoms with van der Waals surface area (Å²) in [7, 11) is 0. The number of nitrogens with one attached hydrogen (secondary N) is 1. The first-order chi connectivity index (χ1) is 9.58. The third-order valence-electron chi connectivity index (χ3n) is 3.22. The van der Waals surface area contributed by atoms with Gasteiger partial charge in [0.2, 0.25) is 0 Å². The molecule has 1 aromatic heterocycles. The predicted molar refractivity (Wildman–Crippen MR) is 79.5 cm³/mol. The minimum atomic E-state index is -0.605. The molecule has 106 valence electrons. The number of aromatic nitrogens is 2. The molecule has 2 N–H and O–H groups in total. The number of hydrogen-bond acceptors (Lipinski definition) is 4. The van der Waals surface area contributed by atoms with Gasteiger partial charge in [0.1, 0.15) is 0 Å². The van der Waals surface area contributed by atoms with Gasteiger partial charge in [-0.05, 0) is 31.5 Å². The second kappa shape index (κ2) is 6.79. The summed E-state index contributed by atoms with van der Waals surface area (Å²) >= 11 is 5.85. The topological polar surface area (TPSA) is 58.0 Å². The van der Waals surface area contributed by atoms with E-state index in [0.717, 1.165) is 11.3 Å². The van der Waals surface area contributed by atoms with E-state index >= 15 is 0 Å². The predicted octanol–water partition coefficient (Wildman–Crippen LogP) is 2.90. The smallest absolute Gasteiger partial charge is 0.0940 e. The van der Waals surface area contributed by atoms with E-state index in [1.807, 2.05) is 26.0 Å². The molecule has 0 radical (unpaired) electrons. The molecule has 0 aliphatic rings. The van der Waals surface area contributed by atoms with E-state index in [0.29, 0.717) is 5.02 Å². The lowest BCUT2D eigenvalue weighted by Crippen LogP contribution is -2.34. The highest BCUT2D eigenvalue weighted by atomic mass is 35.5. The van der Waals surface area contributed by atoms with Crippen LogP contribution in [0.5, 0.6) is 0 Å². The minimum Gasteiger partial charge on any atom is -0.387 e. The van der Waals surface area contributed by atoms with Crippen molar-refractivity contribution in [3.8, 4) is 0 Å². The molecule has 20 heavy (non-hydrogen) atoms. The van der Waals surface area contributed by atoms with E-state index in [1.165, 1.54) is 0 Å². The average molecular weight is 292 g/mol. The lowest BCUT2D eigenvalue weighted by molar-refractivity contribution is 0.130.